The van der Waals surface area contributed by atoms with Crippen molar-refractivity contribution in [3.8, 4) is 0 Å². The average Bonchev–Trinajstić information content (AvgIpc) is 2.19. The van der Waals surface area contributed by atoms with E-state index < -0.39 is 0 Å². The van der Waals surface area contributed by atoms with Crippen molar-refractivity contribution in [3.63, 3.8) is 0 Å². The summed E-state index contributed by atoms with van der Waals surface area (Å²) in [4.78, 5) is 1.10. The van der Waals surface area contributed by atoms with Gasteiger partial charge in [-0.15, -0.1) is 0 Å². The van der Waals surface area contributed by atoms with Crippen LogP contribution < -0.4 is 16.9 Å². The van der Waals surface area contributed by atoms with E-state index in [4.69, 9.17) is 19.6 Å². The van der Waals surface area contributed by atoms with E-state index in [0.29, 0.717) is 11.4 Å². The molecule has 1 aliphatic rings. The van der Waals surface area contributed by atoms with Crippen molar-refractivity contribution in [3.05, 3.63) is 23.0 Å². The second-order valence-electron chi connectivity index (χ2n) is 5.02. The molecule has 0 amide bonds. The Morgan fingerprint density at radius 3 is 2.62 bits per heavy atom. The van der Waals surface area contributed by atoms with E-state index in [0.717, 1.165) is 17.0 Å². The van der Waals surface area contributed by atoms with Crippen LogP contribution in [0.1, 0.15) is 27.7 Å². The van der Waals surface area contributed by atoms with Crippen LogP contribution in [0.4, 0.5) is 0 Å². The number of hydrazine groups is 1. The predicted octanol–water partition coefficient (Wildman–Crippen LogP) is 0.380. The summed E-state index contributed by atoms with van der Waals surface area (Å²) in [6.45, 7) is 9.11. The topological polar surface area (TPSA) is 67.3 Å². The van der Waals surface area contributed by atoms with E-state index in [1.807, 2.05) is 13.0 Å². The highest BCUT2D eigenvalue weighted by atomic mass is 15.3. The fourth-order valence-corrected chi connectivity index (χ4v) is 1.71. The molecule has 16 heavy (non-hydrogen) atoms. The van der Waals surface area contributed by atoms with Crippen LogP contribution in [0.5, 0.6) is 0 Å². The molecule has 5 heteroatoms. The van der Waals surface area contributed by atoms with E-state index >= 15 is 0 Å². The molecule has 5 N–H and O–H groups in total. The van der Waals surface area contributed by atoms with Crippen LogP contribution >= 0.6 is 0 Å². The van der Waals surface area contributed by atoms with Gasteiger partial charge in [0.05, 0.1) is 5.70 Å². The van der Waals surface area contributed by atoms with Crippen molar-refractivity contribution in [2.45, 2.75) is 33.7 Å². The van der Waals surface area contributed by atoms with Crippen LogP contribution in [0.15, 0.2) is 23.0 Å². The standard InChI is InChI=1S/C11H21BN4/c1-7-5-9(16(12)14)10(13)11(3,4)8(2)15-6-7/h5,8,15H,6,13-14H2,1-4H3. The molecule has 2 radical (unpaired) electrons. The van der Waals surface area contributed by atoms with Gasteiger partial charge in [0.2, 0.25) is 0 Å². The van der Waals surface area contributed by atoms with Crippen LogP contribution in [0.25, 0.3) is 0 Å². The molecule has 0 bridgehead atoms. The Hall–Kier alpha value is -0.935. The van der Waals surface area contributed by atoms with Gasteiger partial charge in [0.1, 0.15) is 0 Å². The Morgan fingerprint density at radius 2 is 2.12 bits per heavy atom. The van der Waals surface area contributed by atoms with Gasteiger partial charge in [-0.1, -0.05) is 19.4 Å². The molecule has 1 unspecified atom stereocenters. The third kappa shape index (κ3) is 2.41. The smallest absolute Gasteiger partial charge is 0.253 e. The maximum Gasteiger partial charge on any atom is 0.253 e. The molecule has 1 rings (SSSR count). The van der Waals surface area contributed by atoms with Crippen LogP contribution in [0.3, 0.4) is 0 Å². The van der Waals surface area contributed by atoms with Gasteiger partial charge in [-0.3, -0.25) is 5.84 Å². The van der Waals surface area contributed by atoms with Gasteiger partial charge in [0, 0.05) is 23.7 Å². The fraction of sp³-hybridized carbons (Fsp3) is 0.636. The highest BCUT2D eigenvalue weighted by Gasteiger charge is 2.31. The molecule has 1 aliphatic heterocycles. The molecule has 4 nitrogen and oxygen atoms in total. The lowest BCUT2D eigenvalue weighted by atomic mass is 9.80. The van der Waals surface area contributed by atoms with Crippen LogP contribution in [-0.2, 0) is 0 Å². The summed E-state index contributed by atoms with van der Waals surface area (Å²) < 4.78 is 0. The minimum absolute atomic E-state index is 0.191. The van der Waals surface area contributed by atoms with Crippen molar-refractivity contribution in [1.82, 2.24) is 10.2 Å². The fourth-order valence-electron chi connectivity index (χ4n) is 1.71. The summed E-state index contributed by atoms with van der Waals surface area (Å²) in [6.07, 6.45) is 1.93. The Kier molecular flexibility index (Phi) is 3.70. The first-order valence-electron chi connectivity index (χ1n) is 5.47. The third-order valence-corrected chi connectivity index (χ3v) is 3.40. The van der Waals surface area contributed by atoms with E-state index in [1.165, 1.54) is 0 Å². The highest BCUT2D eigenvalue weighted by molar-refractivity contribution is 6.05. The van der Waals surface area contributed by atoms with Gasteiger partial charge in [-0.05, 0) is 19.9 Å². The van der Waals surface area contributed by atoms with Crippen molar-refractivity contribution < 1.29 is 0 Å². The number of nitrogens with zero attached hydrogens (tertiary/aromatic N) is 1. The highest BCUT2D eigenvalue weighted by Crippen LogP contribution is 2.31. The van der Waals surface area contributed by atoms with Crippen molar-refractivity contribution >= 4 is 7.98 Å². The summed E-state index contributed by atoms with van der Waals surface area (Å²) in [6, 6.07) is 0.256. The van der Waals surface area contributed by atoms with Crippen LogP contribution in [-0.4, -0.2) is 25.5 Å². The number of nitrogens with two attached hydrogens (primary N) is 2. The summed E-state index contributed by atoms with van der Waals surface area (Å²) >= 11 is 0. The van der Waals surface area contributed by atoms with Gasteiger partial charge < -0.3 is 16.0 Å². The maximum atomic E-state index is 6.17. The monoisotopic (exact) mass is 220 g/mol. The van der Waals surface area contributed by atoms with E-state index in [1.54, 1.807) is 0 Å². The molecule has 0 saturated carbocycles. The summed E-state index contributed by atoms with van der Waals surface area (Å²) in [7, 11) is 5.62. The lowest BCUT2D eigenvalue weighted by molar-refractivity contribution is 0.303. The van der Waals surface area contributed by atoms with Crippen LogP contribution in [0.2, 0.25) is 0 Å². The molecule has 0 aromatic rings. The number of allylic oxidation sites excluding steroid dienone is 1. The second-order valence-corrected chi connectivity index (χ2v) is 5.02. The second kappa shape index (κ2) is 4.51. The minimum Gasteiger partial charge on any atom is -0.400 e. The van der Waals surface area contributed by atoms with E-state index in [-0.39, 0.29) is 11.5 Å². The zero-order valence-corrected chi connectivity index (χ0v) is 10.5. The Morgan fingerprint density at radius 1 is 1.56 bits per heavy atom. The number of rotatable bonds is 1. The summed E-state index contributed by atoms with van der Waals surface area (Å²) in [5.41, 5.74) is 8.53. The molecule has 0 saturated heterocycles. The predicted molar refractivity (Wildman–Crippen MR) is 68.0 cm³/mol. The number of hydrogen-bond acceptors (Lipinski definition) is 4. The molecule has 0 aromatic heterocycles. The zero-order valence-electron chi connectivity index (χ0n) is 10.5. The molecule has 1 heterocycles. The summed E-state index contributed by atoms with van der Waals surface area (Å²) in [5, 5.41) is 3.43. The lowest BCUT2D eigenvalue weighted by Gasteiger charge is -2.37. The van der Waals surface area contributed by atoms with Gasteiger partial charge >= 0.3 is 0 Å². The van der Waals surface area contributed by atoms with Crippen molar-refractivity contribution in [2.75, 3.05) is 6.54 Å². The molecule has 1 atom stereocenters. The molecule has 0 aromatic carbocycles. The van der Waals surface area contributed by atoms with Gasteiger partial charge in [-0.2, -0.15) is 0 Å². The Balaban J connectivity index is 3.29. The average molecular weight is 220 g/mol. The minimum atomic E-state index is -0.191. The summed E-state index contributed by atoms with van der Waals surface area (Å²) in [5.74, 6) is 5.62. The number of nitrogens with one attached hydrogen (secondary N) is 1. The molecule has 0 aliphatic carbocycles. The molecular weight excluding hydrogens is 199 g/mol. The van der Waals surface area contributed by atoms with Crippen molar-refractivity contribution in [1.29, 1.82) is 0 Å². The first kappa shape index (κ1) is 13.1. The zero-order chi connectivity index (χ0) is 12.5. The SMILES string of the molecule is [B]N(N)C1=C(N)C(C)(C)C(C)NCC(C)=C1. The van der Waals surface area contributed by atoms with E-state index in [2.05, 4.69) is 26.1 Å². The molecule has 88 valence electrons. The van der Waals surface area contributed by atoms with Gasteiger partial charge in [0.15, 0.2) is 0 Å². The van der Waals surface area contributed by atoms with E-state index in [9.17, 15) is 0 Å². The number of hydrogen-bond donors (Lipinski definition) is 3. The quantitative estimate of drug-likeness (QED) is 0.339. The third-order valence-electron chi connectivity index (χ3n) is 3.40. The van der Waals surface area contributed by atoms with Gasteiger partial charge in [0.25, 0.3) is 7.98 Å². The normalized spacial score (nSPS) is 25.8. The van der Waals surface area contributed by atoms with Gasteiger partial charge in [-0.25, -0.2) is 0 Å². The van der Waals surface area contributed by atoms with Crippen molar-refractivity contribution in [2.24, 2.45) is 17.0 Å². The first-order valence-corrected chi connectivity index (χ1v) is 5.47. The Labute approximate surface area is 99.1 Å². The largest absolute Gasteiger partial charge is 0.400 e. The first-order chi connectivity index (χ1) is 7.26. The molecule has 0 spiro atoms. The molecular formula is C11H21BN4. The van der Waals surface area contributed by atoms with Crippen LogP contribution in [0, 0.1) is 5.41 Å². The maximum absolute atomic E-state index is 6.17. The molecule has 0 fully saturated rings. The Bertz CT molecular complexity index is 331. The lowest BCUT2D eigenvalue weighted by Crippen LogP contribution is -2.46.